The lowest BCUT2D eigenvalue weighted by Crippen LogP contribution is -2.47. The molecule has 1 aromatic carbocycles. The maximum absolute atomic E-state index is 11.8. The van der Waals surface area contributed by atoms with E-state index in [-0.39, 0.29) is 10.6 Å². The molecule has 0 saturated carbocycles. The summed E-state index contributed by atoms with van der Waals surface area (Å²) in [5.41, 5.74) is 1.44. The van der Waals surface area contributed by atoms with Gasteiger partial charge in [0.05, 0.1) is 24.7 Å². The number of methoxy groups -OCH3 is 1. The molecular formula is C18H24ClN5O2. The lowest BCUT2D eigenvalue weighted by Gasteiger charge is -2.36. The van der Waals surface area contributed by atoms with Gasteiger partial charge in [-0.2, -0.15) is 5.10 Å². The first kappa shape index (κ1) is 18.5. The number of anilines is 2. The minimum Gasteiger partial charge on any atom is -0.495 e. The third-order valence-electron chi connectivity index (χ3n) is 4.62. The van der Waals surface area contributed by atoms with Gasteiger partial charge in [0.15, 0.2) is 0 Å². The molecule has 0 aliphatic carbocycles. The van der Waals surface area contributed by atoms with E-state index in [0.29, 0.717) is 12.2 Å². The smallest absolute Gasteiger partial charge is 0.287 e. The third kappa shape index (κ3) is 4.11. The van der Waals surface area contributed by atoms with Crippen molar-refractivity contribution in [2.24, 2.45) is 7.05 Å². The quantitative estimate of drug-likeness (QED) is 0.826. The van der Waals surface area contributed by atoms with Gasteiger partial charge < -0.3 is 15.0 Å². The van der Waals surface area contributed by atoms with Crippen molar-refractivity contribution in [3.63, 3.8) is 0 Å². The van der Waals surface area contributed by atoms with E-state index in [1.165, 1.54) is 4.68 Å². The summed E-state index contributed by atoms with van der Waals surface area (Å²) in [6, 6.07) is 8.12. The minimum atomic E-state index is -0.290. The SMILES string of the molecule is COc1ccccc1N1CCN(CCNc2cnn(C)c(=O)c2Cl)CC1. The van der Waals surface area contributed by atoms with Crippen LogP contribution in [-0.4, -0.2) is 61.1 Å². The van der Waals surface area contributed by atoms with E-state index in [4.69, 9.17) is 16.3 Å². The summed E-state index contributed by atoms with van der Waals surface area (Å²) in [5, 5.41) is 7.38. The van der Waals surface area contributed by atoms with E-state index in [0.717, 1.165) is 44.2 Å². The molecule has 0 atom stereocenters. The second kappa shape index (κ2) is 8.42. The molecule has 7 nitrogen and oxygen atoms in total. The largest absolute Gasteiger partial charge is 0.495 e. The third-order valence-corrected chi connectivity index (χ3v) is 4.99. The van der Waals surface area contributed by atoms with Crippen molar-refractivity contribution in [3.05, 3.63) is 45.8 Å². The van der Waals surface area contributed by atoms with Crippen LogP contribution in [0.2, 0.25) is 5.02 Å². The van der Waals surface area contributed by atoms with E-state index >= 15 is 0 Å². The summed E-state index contributed by atoms with van der Waals surface area (Å²) in [6.45, 7) is 5.45. The molecule has 0 unspecified atom stereocenters. The highest BCUT2D eigenvalue weighted by Gasteiger charge is 2.19. The highest BCUT2D eigenvalue weighted by molar-refractivity contribution is 6.32. The molecule has 2 aromatic rings. The second-order valence-corrected chi connectivity index (χ2v) is 6.61. The molecule has 1 fully saturated rings. The number of piperazine rings is 1. The number of halogens is 1. The standard InChI is InChI=1S/C18H24ClN5O2/c1-22-18(25)17(19)14(13-21-22)20-7-8-23-9-11-24(12-10-23)15-5-3-4-6-16(15)26-2/h3-6,13,20H,7-12H2,1-2H3. The van der Waals surface area contributed by atoms with Gasteiger partial charge in [0.25, 0.3) is 5.56 Å². The average molecular weight is 378 g/mol. The number of ether oxygens (including phenoxy) is 1. The minimum absolute atomic E-state index is 0.184. The van der Waals surface area contributed by atoms with Gasteiger partial charge in [-0.15, -0.1) is 0 Å². The van der Waals surface area contributed by atoms with Crippen LogP contribution in [0.3, 0.4) is 0 Å². The number of benzene rings is 1. The molecule has 0 radical (unpaired) electrons. The number of hydrogen-bond donors (Lipinski definition) is 1. The fourth-order valence-corrected chi connectivity index (χ4v) is 3.32. The second-order valence-electron chi connectivity index (χ2n) is 6.23. The van der Waals surface area contributed by atoms with E-state index < -0.39 is 0 Å². The van der Waals surface area contributed by atoms with Crippen molar-refractivity contribution in [3.8, 4) is 5.75 Å². The molecule has 8 heteroatoms. The van der Waals surface area contributed by atoms with Gasteiger partial charge in [-0.1, -0.05) is 23.7 Å². The molecule has 1 saturated heterocycles. The van der Waals surface area contributed by atoms with Crippen molar-refractivity contribution < 1.29 is 4.74 Å². The maximum Gasteiger partial charge on any atom is 0.287 e. The van der Waals surface area contributed by atoms with E-state index in [2.05, 4.69) is 26.3 Å². The fraction of sp³-hybridized carbons (Fsp3) is 0.444. The normalized spacial score (nSPS) is 15.1. The van der Waals surface area contributed by atoms with Crippen molar-refractivity contribution in [2.75, 3.05) is 56.6 Å². The van der Waals surface area contributed by atoms with Crippen LogP contribution in [0.5, 0.6) is 5.75 Å². The Bertz CT molecular complexity index is 802. The monoisotopic (exact) mass is 377 g/mol. The highest BCUT2D eigenvalue weighted by Crippen LogP contribution is 2.28. The molecule has 1 aliphatic heterocycles. The molecule has 1 aliphatic rings. The predicted octanol–water partition coefficient (Wildman–Crippen LogP) is 1.68. The van der Waals surface area contributed by atoms with Crippen LogP contribution in [0.15, 0.2) is 35.3 Å². The summed E-state index contributed by atoms with van der Waals surface area (Å²) in [5.74, 6) is 0.912. The van der Waals surface area contributed by atoms with Crippen LogP contribution in [0.4, 0.5) is 11.4 Å². The molecule has 1 aromatic heterocycles. The molecule has 140 valence electrons. The van der Waals surface area contributed by atoms with E-state index in [1.54, 1.807) is 20.4 Å². The summed E-state index contributed by atoms with van der Waals surface area (Å²) in [7, 11) is 3.29. The molecule has 1 N–H and O–H groups in total. The molecule has 26 heavy (non-hydrogen) atoms. The van der Waals surface area contributed by atoms with Gasteiger partial charge in [-0.05, 0) is 12.1 Å². The Morgan fingerprint density at radius 1 is 1.23 bits per heavy atom. The van der Waals surface area contributed by atoms with Gasteiger partial charge in [0.2, 0.25) is 0 Å². The lowest BCUT2D eigenvalue weighted by molar-refractivity contribution is 0.266. The zero-order valence-corrected chi connectivity index (χ0v) is 15.9. The van der Waals surface area contributed by atoms with Crippen LogP contribution < -0.4 is 20.5 Å². The predicted molar refractivity (Wildman–Crippen MR) is 105 cm³/mol. The Kier molecular flexibility index (Phi) is 6.00. The molecule has 2 heterocycles. The Morgan fingerprint density at radius 3 is 2.69 bits per heavy atom. The number of hydrogen-bond acceptors (Lipinski definition) is 6. The Labute approximate surface area is 158 Å². The first-order chi connectivity index (χ1) is 12.6. The molecular weight excluding hydrogens is 354 g/mol. The van der Waals surface area contributed by atoms with E-state index in [1.807, 2.05) is 18.2 Å². The summed E-state index contributed by atoms with van der Waals surface area (Å²) < 4.78 is 6.68. The maximum atomic E-state index is 11.8. The van der Waals surface area contributed by atoms with Crippen molar-refractivity contribution in [2.45, 2.75) is 0 Å². The average Bonchev–Trinajstić information content (AvgIpc) is 2.68. The number of nitrogens with one attached hydrogen (secondary N) is 1. The Hall–Kier alpha value is -2.25. The number of para-hydroxylation sites is 2. The lowest BCUT2D eigenvalue weighted by atomic mass is 10.2. The number of rotatable bonds is 6. The van der Waals surface area contributed by atoms with Crippen LogP contribution in [0.1, 0.15) is 0 Å². The fourth-order valence-electron chi connectivity index (χ4n) is 3.09. The zero-order valence-electron chi connectivity index (χ0n) is 15.1. The van der Waals surface area contributed by atoms with Crippen molar-refractivity contribution in [1.29, 1.82) is 0 Å². The first-order valence-electron chi connectivity index (χ1n) is 8.66. The van der Waals surface area contributed by atoms with Crippen molar-refractivity contribution in [1.82, 2.24) is 14.7 Å². The number of aryl methyl sites for hydroxylation is 1. The topological polar surface area (TPSA) is 62.6 Å². The van der Waals surface area contributed by atoms with Gasteiger partial charge in [-0.25, -0.2) is 4.68 Å². The van der Waals surface area contributed by atoms with Gasteiger partial charge in [0.1, 0.15) is 10.8 Å². The number of nitrogens with zero attached hydrogens (tertiary/aromatic N) is 4. The van der Waals surface area contributed by atoms with Crippen LogP contribution in [0, 0.1) is 0 Å². The summed E-state index contributed by atoms with van der Waals surface area (Å²) in [6.07, 6.45) is 1.59. The Morgan fingerprint density at radius 2 is 1.96 bits per heavy atom. The van der Waals surface area contributed by atoms with Gasteiger partial charge >= 0.3 is 0 Å². The molecule has 0 amide bonds. The van der Waals surface area contributed by atoms with Gasteiger partial charge in [-0.3, -0.25) is 9.69 Å². The molecule has 3 rings (SSSR count). The van der Waals surface area contributed by atoms with Crippen molar-refractivity contribution >= 4 is 23.0 Å². The molecule has 0 spiro atoms. The van der Waals surface area contributed by atoms with Crippen LogP contribution in [0.25, 0.3) is 0 Å². The Balaban J connectivity index is 1.49. The summed E-state index contributed by atoms with van der Waals surface area (Å²) in [4.78, 5) is 16.5. The molecule has 0 bridgehead atoms. The van der Waals surface area contributed by atoms with Crippen LogP contribution >= 0.6 is 11.6 Å². The zero-order chi connectivity index (χ0) is 18.5. The van der Waals surface area contributed by atoms with Gasteiger partial charge in [0, 0.05) is 46.3 Å². The van der Waals surface area contributed by atoms with Crippen LogP contribution in [-0.2, 0) is 7.05 Å². The first-order valence-corrected chi connectivity index (χ1v) is 9.04. The summed E-state index contributed by atoms with van der Waals surface area (Å²) >= 11 is 6.07. The van der Waals surface area contributed by atoms with E-state index in [9.17, 15) is 4.79 Å². The number of aromatic nitrogens is 2. The highest BCUT2D eigenvalue weighted by atomic mass is 35.5.